The molecule has 0 unspecified atom stereocenters. The van der Waals surface area contributed by atoms with Crippen LogP contribution in [0.2, 0.25) is 0 Å². The first-order valence-electron chi connectivity index (χ1n) is 12.1. The van der Waals surface area contributed by atoms with E-state index >= 15 is 0 Å². The van der Waals surface area contributed by atoms with Gasteiger partial charge in [-0.3, -0.25) is 9.88 Å². The van der Waals surface area contributed by atoms with E-state index in [0.29, 0.717) is 47.6 Å². The molecule has 1 fully saturated rings. The van der Waals surface area contributed by atoms with E-state index in [-0.39, 0.29) is 6.54 Å². The number of ether oxygens (including phenoxy) is 2. The van der Waals surface area contributed by atoms with Crippen LogP contribution in [0.1, 0.15) is 65.6 Å². The Labute approximate surface area is 210 Å². The Morgan fingerprint density at radius 2 is 2.03 bits per heavy atom. The Balaban J connectivity index is 1.44. The normalized spacial score (nSPS) is 16.7. The lowest BCUT2D eigenvalue weighted by atomic mass is 10.2. The highest BCUT2D eigenvalue weighted by molar-refractivity contribution is 7.11. The maximum absolute atomic E-state index is 13.0. The highest BCUT2D eigenvalue weighted by Crippen LogP contribution is 2.46. The van der Waals surface area contributed by atoms with Crippen LogP contribution in [0.15, 0.2) is 24.4 Å². The maximum atomic E-state index is 13.0. The van der Waals surface area contributed by atoms with Gasteiger partial charge in [0.25, 0.3) is 0 Å². The molecule has 0 bridgehead atoms. The monoisotopic (exact) mass is 496 g/mol. The summed E-state index contributed by atoms with van der Waals surface area (Å²) >= 11 is 1.44. The summed E-state index contributed by atoms with van der Waals surface area (Å²) in [6.07, 6.45) is 5.36. The second-order valence-electron chi connectivity index (χ2n) is 8.91. The Morgan fingerprint density at radius 3 is 2.74 bits per heavy atom. The number of carbonyl (C=O) groups is 1. The summed E-state index contributed by atoms with van der Waals surface area (Å²) < 4.78 is 11.6. The third-order valence-electron chi connectivity index (χ3n) is 5.81. The summed E-state index contributed by atoms with van der Waals surface area (Å²) in [7, 11) is 0. The Bertz CT molecular complexity index is 1140. The van der Waals surface area contributed by atoms with Crippen LogP contribution in [0.25, 0.3) is 0 Å². The van der Waals surface area contributed by atoms with E-state index in [2.05, 4.69) is 44.2 Å². The number of nitrogens with zero attached hydrogens (tertiary/aromatic N) is 6. The van der Waals surface area contributed by atoms with Crippen molar-refractivity contribution in [2.24, 2.45) is 5.92 Å². The average Bonchev–Trinajstić information content (AvgIpc) is 3.50. The molecule has 9 nitrogen and oxygen atoms in total. The van der Waals surface area contributed by atoms with E-state index < -0.39 is 6.09 Å². The van der Waals surface area contributed by atoms with Gasteiger partial charge in [0.05, 0.1) is 19.8 Å². The Morgan fingerprint density at radius 1 is 1.17 bits per heavy atom. The van der Waals surface area contributed by atoms with Gasteiger partial charge in [0.15, 0.2) is 0 Å². The molecule has 0 radical (unpaired) electrons. The highest BCUT2D eigenvalue weighted by Gasteiger charge is 2.40. The van der Waals surface area contributed by atoms with Crippen LogP contribution in [-0.4, -0.2) is 44.5 Å². The van der Waals surface area contributed by atoms with Crippen LogP contribution in [0.5, 0.6) is 5.88 Å². The zero-order valence-corrected chi connectivity index (χ0v) is 21.5. The first kappa shape index (κ1) is 25.0. The van der Waals surface area contributed by atoms with Crippen molar-refractivity contribution in [3.63, 3.8) is 0 Å². The van der Waals surface area contributed by atoms with Crippen LogP contribution in [-0.2, 0) is 11.3 Å². The second-order valence-corrected chi connectivity index (χ2v) is 10.2. The van der Waals surface area contributed by atoms with E-state index in [1.807, 2.05) is 20.0 Å². The molecule has 0 spiro atoms. The van der Waals surface area contributed by atoms with E-state index in [4.69, 9.17) is 9.47 Å². The summed E-state index contributed by atoms with van der Waals surface area (Å²) in [6.45, 7) is 8.93. The van der Waals surface area contributed by atoms with Crippen molar-refractivity contribution in [2.75, 3.05) is 18.1 Å². The summed E-state index contributed by atoms with van der Waals surface area (Å²) in [5.74, 6) is 2.18. The Hall–Kier alpha value is -3.14. The van der Waals surface area contributed by atoms with Crippen molar-refractivity contribution in [2.45, 2.75) is 65.8 Å². The SMILES string of the molecule is CCCCCOC(=O)N(Cc1nnc(C)s1)c1cc(OC[C@H]2C[C@@H]2c2ccc(C)cn2)nc(C)n1. The van der Waals surface area contributed by atoms with E-state index in [1.165, 1.54) is 16.2 Å². The molecule has 0 aromatic carbocycles. The van der Waals surface area contributed by atoms with Crippen molar-refractivity contribution in [3.05, 3.63) is 51.5 Å². The number of pyridine rings is 1. The first-order chi connectivity index (χ1) is 16.9. The zero-order chi connectivity index (χ0) is 24.8. The minimum atomic E-state index is -0.467. The van der Waals surface area contributed by atoms with Gasteiger partial charge in [-0.05, 0) is 45.2 Å². The molecule has 1 aliphatic carbocycles. The van der Waals surface area contributed by atoms with Gasteiger partial charge in [0.2, 0.25) is 5.88 Å². The van der Waals surface area contributed by atoms with Gasteiger partial charge in [0, 0.05) is 29.8 Å². The Kier molecular flexibility index (Phi) is 8.22. The number of unbranched alkanes of at least 4 members (excludes halogenated alkanes) is 2. The number of hydrogen-bond acceptors (Lipinski definition) is 9. The number of hydrogen-bond donors (Lipinski definition) is 0. The van der Waals surface area contributed by atoms with Gasteiger partial charge in [0.1, 0.15) is 21.7 Å². The van der Waals surface area contributed by atoms with Crippen molar-refractivity contribution >= 4 is 23.2 Å². The van der Waals surface area contributed by atoms with Crippen molar-refractivity contribution in [1.29, 1.82) is 0 Å². The standard InChI is InChI=1S/C25H32N6O3S/c1-5-6-7-10-33-25(32)31(14-24-30-29-18(4)35-24)22-12-23(28-17(3)27-22)34-15-19-11-20(19)21-9-8-16(2)13-26-21/h8-9,12-13,19-20H,5-7,10-11,14-15H2,1-4H3/t19-,20+/m1/s1. The van der Waals surface area contributed by atoms with Crippen molar-refractivity contribution < 1.29 is 14.3 Å². The maximum Gasteiger partial charge on any atom is 0.415 e. The zero-order valence-electron chi connectivity index (χ0n) is 20.7. The highest BCUT2D eigenvalue weighted by atomic mass is 32.1. The van der Waals surface area contributed by atoms with Gasteiger partial charge in [-0.25, -0.2) is 9.78 Å². The smallest absolute Gasteiger partial charge is 0.415 e. The predicted molar refractivity (Wildman–Crippen MR) is 134 cm³/mol. The van der Waals surface area contributed by atoms with Crippen molar-refractivity contribution in [3.8, 4) is 5.88 Å². The molecule has 186 valence electrons. The molecule has 0 aliphatic heterocycles. The number of aryl methyl sites for hydroxylation is 3. The van der Waals surface area contributed by atoms with Gasteiger partial charge in [-0.2, -0.15) is 4.98 Å². The van der Waals surface area contributed by atoms with Crippen LogP contribution >= 0.6 is 11.3 Å². The summed E-state index contributed by atoms with van der Waals surface area (Å²) in [4.78, 5) is 27.9. The molecule has 4 rings (SSSR count). The molecule has 1 saturated carbocycles. The van der Waals surface area contributed by atoms with Crippen molar-refractivity contribution in [1.82, 2.24) is 25.1 Å². The first-order valence-corrected chi connectivity index (χ1v) is 12.9. The molecule has 0 N–H and O–H groups in total. The van der Waals surface area contributed by atoms with Crippen LogP contribution in [0, 0.1) is 26.7 Å². The molecule has 1 amide bonds. The molecule has 3 aromatic heterocycles. The molecule has 35 heavy (non-hydrogen) atoms. The summed E-state index contributed by atoms with van der Waals surface area (Å²) in [5.41, 5.74) is 2.26. The van der Waals surface area contributed by atoms with Gasteiger partial charge < -0.3 is 9.47 Å². The number of anilines is 1. The molecule has 2 atom stereocenters. The minimum Gasteiger partial charge on any atom is -0.477 e. The van der Waals surface area contributed by atoms with Crippen LogP contribution < -0.4 is 9.64 Å². The largest absolute Gasteiger partial charge is 0.477 e. The minimum absolute atomic E-state index is 0.220. The molecule has 3 heterocycles. The van der Waals surface area contributed by atoms with E-state index in [9.17, 15) is 4.79 Å². The molecule has 1 aliphatic rings. The number of aromatic nitrogens is 5. The summed E-state index contributed by atoms with van der Waals surface area (Å²) in [5, 5.41) is 9.77. The lowest BCUT2D eigenvalue weighted by Crippen LogP contribution is -2.32. The lowest BCUT2D eigenvalue weighted by Gasteiger charge is -2.21. The van der Waals surface area contributed by atoms with E-state index in [0.717, 1.165) is 41.9 Å². The number of rotatable bonds is 11. The van der Waals surface area contributed by atoms with Gasteiger partial charge >= 0.3 is 6.09 Å². The quantitative estimate of drug-likeness (QED) is 0.335. The van der Waals surface area contributed by atoms with Gasteiger partial charge in [-0.1, -0.05) is 37.2 Å². The molecular formula is C25H32N6O3S. The fraction of sp³-hybridized carbons (Fsp3) is 0.520. The molecule has 0 saturated heterocycles. The fourth-order valence-electron chi connectivity index (χ4n) is 3.79. The average molecular weight is 497 g/mol. The molecule has 3 aromatic rings. The third kappa shape index (κ3) is 6.94. The second kappa shape index (κ2) is 11.5. The van der Waals surface area contributed by atoms with Gasteiger partial charge in [-0.15, -0.1) is 10.2 Å². The summed E-state index contributed by atoms with van der Waals surface area (Å²) in [6, 6.07) is 5.87. The molecule has 10 heteroatoms. The number of amides is 1. The van der Waals surface area contributed by atoms with Crippen LogP contribution in [0.4, 0.5) is 10.6 Å². The molecular weight excluding hydrogens is 464 g/mol. The van der Waals surface area contributed by atoms with E-state index in [1.54, 1.807) is 13.0 Å². The fourth-order valence-corrected chi connectivity index (χ4v) is 4.49. The predicted octanol–water partition coefficient (Wildman–Crippen LogP) is 5.16. The third-order valence-corrected chi connectivity index (χ3v) is 6.64. The lowest BCUT2D eigenvalue weighted by molar-refractivity contribution is 0.150. The van der Waals surface area contributed by atoms with Crippen LogP contribution in [0.3, 0.4) is 0 Å². The topological polar surface area (TPSA) is 103 Å². The number of carbonyl (C=O) groups excluding carboxylic acids is 1.